The lowest BCUT2D eigenvalue weighted by Crippen LogP contribution is -2.45. The van der Waals surface area contributed by atoms with Gasteiger partial charge in [0.1, 0.15) is 0 Å². The third kappa shape index (κ3) is 1.42. The number of rotatable bonds is 1. The van der Waals surface area contributed by atoms with Gasteiger partial charge in [0.05, 0.1) is 23.5 Å². The molecule has 2 aromatic rings. The van der Waals surface area contributed by atoms with Crippen molar-refractivity contribution in [3.63, 3.8) is 0 Å². The van der Waals surface area contributed by atoms with Crippen molar-refractivity contribution in [2.24, 2.45) is 5.92 Å². The smallest absolute Gasteiger partial charge is 0.0909 e. The molecule has 2 nitrogen and oxygen atoms in total. The normalized spacial score (nSPS) is 27.7. The number of benzene rings is 2. The van der Waals surface area contributed by atoms with Gasteiger partial charge in [0.15, 0.2) is 0 Å². The van der Waals surface area contributed by atoms with Crippen molar-refractivity contribution >= 4 is 0 Å². The molecule has 5 rings (SSSR count). The molecule has 0 amide bonds. The van der Waals surface area contributed by atoms with Gasteiger partial charge in [0, 0.05) is 12.0 Å². The molecule has 2 bridgehead atoms. The molecule has 0 aromatic heterocycles. The van der Waals surface area contributed by atoms with Gasteiger partial charge in [-0.3, -0.25) is 0 Å². The van der Waals surface area contributed by atoms with Crippen LogP contribution >= 0.6 is 0 Å². The average Bonchev–Trinajstić information content (AvgIpc) is 2.60. The van der Waals surface area contributed by atoms with Gasteiger partial charge in [-0.2, -0.15) is 10.5 Å². The topological polar surface area (TPSA) is 47.6 Å². The second-order valence-corrected chi connectivity index (χ2v) is 5.98. The molecule has 22 heavy (non-hydrogen) atoms. The highest BCUT2D eigenvalue weighted by molar-refractivity contribution is 5.63. The van der Waals surface area contributed by atoms with Crippen molar-refractivity contribution < 1.29 is 0 Å². The van der Waals surface area contributed by atoms with Gasteiger partial charge in [0.2, 0.25) is 0 Å². The molecule has 0 saturated heterocycles. The summed E-state index contributed by atoms with van der Waals surface area (Å²) < 4.78 is 0. The highest BCUT2D eigenvalue weighted by Gasteiger charge is 2.52. The Morgan fingerprint density at radius 3 is 2.09 bits per heavy atom. The van der Waals surface area contributed by atoms with Gasteiger partial charge in [0.25, 0.3) is 0 Å². The van der Waals surface area contributed by atoms with E-state index in [2.05, 4.69) is 48.5 Å². The molecule has 2 aromatic carbocycles. The van der Waals surface area contributed by atoms with E-state index in [9.17, 15) is 5.26 Å². The number of allylic oxidation sites excluding steroid dienone is 2. The number of hydrogen-bond donors (Lipinski definition) is 0. The van der Waals surface area contributed by atoms with Crippen LogP contribution in [0.25, 0.3) is 0 Å². The second-order valence-electron chi connectivity index (χ2n) is 5.98. The molecule has 1 atom stereocenters. The Balaban J connectivity index is 2.13. The Kier molecular flexibility index (Phi) is 2.68. The second kappa shape index (κ2) is 4.58. The Morgan fingerprint density at radius 2 is 1.55 bits per heavy atom. The Bertz CT molecular complexity index is 816. The van der Waals surface area contributed by atoms with Gasteiger partial charge in [-0.05, 0) is 28.7 Å². The van der Waals surface area contributed by atoms with Gasteiger partial charge in [-0.15, -0.1) is 0 Å². The van der Waals surface area contributed by atoms with E-state index in [1.54, 1.807) is 0 Å². The quantitative estimate of drug-likeness (QED) is 0.741. The van der Waals surface area contributed by atoms with E-state index in [1.807, 2.05) is 18.2 Å². The summed E-state index contributed by atoms with van der Waals surface area (Å²) in [7, 11) is 0. The maximum absolute atomic E-state index is 9.76. The molecule has 104 valence electrons. The lowest BCUT2D eigenvalue weighted by molar-refractivity contribution is 0.356. The summed E-state index contributed by atoms with van der Waals surface area (Å²) in [6.07, 6.45) is 4.29. The summed E-state index contributed by atoms with van der Waals surface area (Å²) in [6.45, 7) is 0. The van der Waals surface area contributed by atoms with Crippen LogP contribution in [0.15, 0.2) is 60.7 Å². The summed E-state index contributed by atoms with van der Waals surface area (Å²) in [5.74, 6) is 0.154. The zero-order valence-corrected chi connectivity index (χ0v) is 12.0. The molecule has 2 heteroatoms. The van der Waals surface area contributed by atoms with Crippen LogP contribution in [0, 0.1) is 28.6 Å². The average molecular weight is 282 g/mol. The van der Waals surface area contributed by atoms with E-state index < -0.39 is 5.41 Å². The molecular formula is C20H14N2. The Morgan fingerprint density at radius 1 is 0.955 bits per heavy atom. The van der Waals surface area contributed by atoms with E-state index in [-0.39, 0.29) is 11.8 Å². The SMILES string of the molecule is N#C/C=C/C12c3ccccc3C(CC1C#N)c1ccccc12. The molecule has 0 heterocycles. The number of nitriles is 2. The van der Waals surface area contributed by atoms with E-state index in [0.29, 0.717) is 0 Å². The first-order chi connectivity index (χ1) is 10.8. The Hall–Kier alpha value is -2.84. The first-order valence-corrected chi connectivity index (χ1v) is 7.48. The van der Waals surface area contributed by atoms with Crippen molar-refractivity contribution in [3.8, 4) is 12.1 Å². The van der Waals surface area contributed by atoms with Crippen molar-refractivity contribution in [1.82, 2.24) is 0 Å². The zero-order chi connectivity index (χ0) is 15.2. The largest absolute Gasteiger partial charge is 0.198 e. The minimum absolute atomic E-state index is 0.133. The van der Waals surface area contributed by atoms with Crippen molar-refractivity contribution in [3.05, 3.63) is 82.9 Å². The maximum Gasteiger partial charge on any atom is 0.0909 e. The molecular weight excluding hydrogens is 268 g/mol. The predicted molar refractivity (Wildman–Crippen MR) is 84.0 cm³/mol. The van der Waals surface area contributed by atoms with Gasteiger partial charge >= 0.3 is 0 Å². The van der Waals surface area contributed by atoms with Gasteiger partial charge in [-0.25, -0.2) is 0 Å². The summed E-state index contributed by atoms with van der Waals surface area (Å²) in [5.41, 5.74) is 4.48. The van der Waals surface area contributed by atoms with Crippen molar-refractivity contribution in [1.29, 1.82) is 10.5 Å². The molecule has 0 aliphatic heterocycles. The third-order valence-corrected chi connectivity index (χ3v) is 5.16. The third-order valence-electron chi connectivity index (χ3n) is 5.16. The lowest BCUT2D eigenvalue weighted by atomic mass is 9.51. The van der Waals surface area contributed by atoms with E-state index in [0.717, 1.165) is 6.42 Å². The van der Waals surface area contributed by atoms with Crippen LogP contribution in [0.1, 0.15) is 34.6 Å². The summed E-state index contributed by atoms with van der Waals surface area (Å²) in [4.78, 5) is 0. The maximum atomic E-state index is 9.76. The van der Waals surface area contributed by atoms with Crippen LogP contribution in [-0.2, 0) is 5.41 Å². The standard InChI is InChI=1S/C20H14N2/c21-11-5-10-20-14(13-22)12-17(15-6-1-3-8-18(15)20)16-7-2-4-9-19(16)20/h1-10,14,17H,12H2/b10-5+. The van der Waals surface area contributed by atoms with Crippen LogP contribution < -0.4 is 0 Å². The van der Waals surface area contributed by atoms with E-state index in [1.165, 1.54) is 28.3 Å². The minimum Gasteiger partial charge on any atom is -0.198 e. The van der Waals surface area contributed by atoms with Crippen LogP contribution in [-0.4, -0.2) is 0 Å². The predicted octanol–water partition coefficient (Wildman–Crippen LogP) is 4.04. The molecule has 0 radical (unpaired) electrons. The Labute approximate surface area is 129 Å². The highest BCUT2D eigenvalue weighted by atomic mass is 14.5. The van der Waals surface area contributed by atoms with Crippen LogP contribution in [0.3, 0.4) is 0 Å². The molecule has 0 fully saturated rings. The molecule has 0 spiro atoms. The number of hydrogen-bond acceptors (Lipinski definition) is 2. The lowest BCUT2D eigenvalue weighted by Gasteiger charge is -2.50. The summed E-state index contributed by atoms with van der Waals surface area (Å²) >= 11 is 0. The van der Waals surface area contributed by atoms with Crippen molar-refractivity contribution in [2.45, 2.75) is 17.8 Å². The molecule has 0 N–H and O–H groups in total. The van der Waals surface area contributed by atoms with Crippen molar-refractivity contribution in [2.75, 3.05) is 0 Å². The minimum atomic E-state index is -0.494. The molecule has 0 saturated carbocycles. The monoisotopic (exact) mass is 282 g/mol. The van der Waals surface area contributed by atoms with Gasteiger partial charge in [-0.1, -0.05) is 54.6 Å². The fraction of sp³-hybridized carbons (Fsp3) is 0.200. The first kappa shape index (κ1) is 12.9. The first-order valence-electron chi connectivity index (χ1n) is 7.48. The van der Waals surface area contributed by atoms with Crippen LogP contribution in [0.2, 0.25) is 0 Å². The molecule has 3 aliphatic rings. The number of nitrogens with zero attached hydrogens (tertiary/aromatic N) is 2. The zero-order valence-electron chi connectivity index (χ0n) is 12.0. The number of fused-ring (bicyclic) bond motifs is 1. The van der Waals surface area contributed by atoms with E-state index in [4.69, 9.17) is 5.26 Å². The summed E-state index contributed by atoms with van der Waals surface area (Å²) in [6, 6.07) is 21.3. The highest BCUT2D eigenvalue weighted by Crippen LogP contribution is 2.59. The fourth-order valence-corrected chi connectivity index (χ4v) is 4.34. The fourth-order valence-electron chi connectivity index (χ4n) is 4.34. The molecule has 1 unspecified atom stereocenters. The summed E-state index contributed by atoms with van der Waals surface area (Å²) in [5, 5.41) is 18.8. The van der Waals surface area contributed by atoms with Gasteiger partial charge < -0.3 is 0 Å². The van der Waals surface area contributed by atoms with Crippen LogP contribution in [0.4, 0.5) is 0 Å². The molecule has 3 aliphatic carbocycles. The van der Waals surface area contributed by atoms with E-state index >= 15 is 0 Å². The van der Waals surface area contributed by atoms with Crippen LogP contribution in [0.5, 0.6) is 0 Å².